The van der Waals surface area contributed by atoms with Crippen LogP contribution in [0, 0.1) is 5.92 Å². The van der Waals surface area contributed by atoms with Crippen molar-refractivity contribution in [1.82, 2.24) is 20.2 Å². The topological polar surface area (TPSA) is 69.6 Å². The fourth-order valence-electron chi connectivity index (χ4n) is 1.70. The molecule has 2 aromatic rings. The highest BCUT2D eigenvalue weighted by Gasteiger charge is 2.15. The predicted molar refractivity (Wildman–Crippen MR) is 77.1 cm³/mol. The third-order valence-corrected chi connectivity index (χ3v) is 3.54. The van der Waals surface area contributed by atoms with E-state index in [-0.39, 0.29) is 0 Å². The van der Waals surface area contributed by atoms with E-state index in [1.54, 1.807) is 16.8 Å². The Labute approximate surface area is 121 Å². The summed E-state index contributed by atoms with van der Waals surface area (Å²) in [4.78, 5) is 0. The van der Waals surface area contributed by atoms with Crippen LogP contribution in [-0.2, 0) is 6.54 Å². The van der Waals surface area contributed by atoms with Crippen molar-refractivity contribution in [3.63, 3.8) is 0 Å². The molecule has 1 aromatic heterocycles. The summed E-state index contributed by atoms with van der Waals surface area (Å²) >= 11 is 12.2. The van der Waals surface area contributed by atoms with E-state index in [9.17, 15) is 0 Å². The summed E-state index contributed by atoms with van der Waals surface area (Å²) in [5, 5.41) is 12.5. The second-order valence-electron chi connectivity index (χ2n) is 4.77. The molecule has 2 N–H and O–H groups in total. The number of tetrazole rings is 1. The Kier molecular flexibility index (Phi) is 4.27. The number of hydrogen-bond acceptors (Lipinski definition) is 4. The molecular formula is C12H15Cl2N5. The lowest BCUT2D eigenvalue weighted by atomic mass is 10.1. The summed E-state index contributed by atoms with van der Waals surface area (Å²) in [6, 6.07) is 3.33. The fourth-order valence-corrected chi connectivity index (χ4v) is 2.12. The number of benzene rings is 1. The van der Waals surface area contributed by atoms with Crippen LogP contribution in [0.2, 0.25) is 10.0 Å². The molecule has 1 heterocycles. The molecule has 0 unspecified atom stereocenters. The molecule has 2 rings (SSSR count). The number of nitrogens with two attached hydrogens (primary N) is 1. The predicted octanol–water partition coefficient (Wildman–Crippen LogP) is 3.28. The lowest BCUT2D eigenvalue weighted by Crippen LogP contribution is -2.06. The summed E-state index contributed by atoms with van der Waals surface area (Å²) < 4.78 is 1.72. The Hall–Kier alpha value is -1.33. The quantitative estimate of drug-likeness (QED) is 0.880. The highest BCUT2D eigenvalue weighted by molar-refractivity contribution is 6.43. The van der Waals surface area contributed by atoms with Crippen molar-refractivity contribution in [3.8, 4) is 11.4 Å². The monoisotopic (exact) mass is 299 g/mol. The van der Waals surface area contributed by atoms with Crippen LogP contribution in [0.1, 0.15) is 20.3 Å². The van der Waals surface area contributed by atoms with Gasteiger partial charge >= 0.3 is 0 Å². The molecule has 0 aliphatic heterocycles. The van der Waals surface area contributed by atoms with E-state index in [1.807, 2.05) is 0 Å². The number of rotatable bonds is 4. The molecule has 0 bridgehead atoms. The Morgan fingerprint density at radius 3 is 2.74 bits per heavy atom. The van der Waals surface area contributed by atoms with E-state index in [4.69, 9.17) is 28.9 Å². The van der Waals surface area contributed by atoms with Gasteiger partial charge in [0, 0.05) is 17.8 Å². The molecule has 0 fully saturated rings. The van der Waals surface area contributed by atoms with Crippen molar-refractivity contribution in [3.05, 3.63) is 22.2 Å². The third kappa shape index (κ3) is 3.16. The van der Waals surface area contributed by atoms with E-state index in [0.717, 1.165) is 13.0 Å². The second kappa shape index (κ2) is 5.75. The third-order valence-electron chi connectivity index (χ3n) is 2.74. The average molecular weight is 300 g/mol. The highest BCUT2D eigenvalue weighted by atomic mass is 35.5. The normalized spacial score (nSPS) is 11.2. The van der Waals surface area contributed by atoms with Gasteiger partial charge in [0.25, 0.3) is 0 Å². The molecule has 0 saturated heterocycles. The van der Waals surface area contributed by atoms with Gasteiger partial charge in [-0.2, -0.15) is 0 Å². The summed E-state index contributed by atoms with van der Waals surface area (Å²) in [5.74, 6) is 1.15. The number of nitrogen functional groups attached to an aromatic ring is 1. The number of anilines is 1. The standard InChI is InChI=1S/C12H15Cl2N5/c1-7(2)3-4-19-12(16-17-18-19)9-5-8(15)6-10(13)11(9)14/h5-7H,3-4,15H2,1-2H3. The Balaban J connectivity index is 2.40. The van der Waals surface area contributed by atoms with Crippen molar-refractivity contribution < 1.29 is 0 Å². The molecule has 5 nitrogen and oxygen atoms in total. The first kappa shape index (κ1) is 14.1. The van der Waals surface area contributed by atoms with Gasteiger partial charge in [-0.1, -0.05) is 37.0 Å². The first-order chi connectivity index (χ1) is 8.99. The van der Waals surface area contributed by atoms with Crippen molar-refractivity contribution in [1.29, 1.82) is 0 Å². The second-order valence-corrected chi connectivity index (χ2v) is 5.56. The van der Waals surface area contributed by atoms with Gasteiger partial charge in [-0.05, 0) is 34.9 Å². The molecule has 0 amide bonds. The van der Waals surface area contributed by atoms with Gasteiger partial charge in [-0.15, -0.1) is 5.10 Å². The Bertz CT molecular complexity index is 579. The summed E-state index contributed by atoms with van der Waals surface area (Å²) in [5.41, 5.74) is 6.97. The van der Waals surface area contributed by atoms with Gasteiger partial charge in [0.15, 0.2) is 5.82 Å². The van der Waals surface area contributed by atoms with Crippen molar-refractivity contribution >= 4 is 28.9 Å². The largest absolute Gasteiger partial charge is 0.399 e. The van der Waals surface area contributed by atoms with Crippen molar-refractivity contribution in [2.75, 3.05) is 5.73 Å². The van der Waals surface area contributed by atoms with Crippen LogP contribution in [0.3, 0.4) is 0 Å². The van der Waals surface area contributed by atoms with Crippen LogP contribution >= 0.6 is 23.2 Å². The highest BCUT2D eigenvalue weighted by Crippen LogP contribution is 2.34. The minimum atomic E-state index is 0.398. The molecule has 0 aliphatic carbocycles. The summed E-state index contributed by atoms with van der Waals surface area (Å²) in [6.45, 7) is 5.02. The SMILES string of the molecule is CC(C)CCn1nnnc1-c1cc(N)cc(Cl)c1Cl. The molecule has 1 aromatic carbocycles. The maximum Gasteiger partial charge on any atom is 0.183 e. The van der Waals surface area contributed by atoms with Gasteiger partial charge in [0.1, 0.15) is 0 Å². The molecule has 0 spiro atoms. The van der Waals surface area contributed by atoms with E-state index in [2.05, 4.69) is 29.4 Å². The molecule has 19 heavy (non-hydrogen) atoms. The van der Waals surface area contributed by atoms with E-state index < -0.39 is 0 Å². The van der Waals surface area contributed by atoms with Crippen LogP contribution in [0.15, 0.2) is 12.1 Å². The number of nitrogens with zero attached hydrogens (tertiary/aromatic N) is 4. The van der Waals surface area contributed by atoms with E-state index in [0.29, 0.717) is 33.0 Å². The molecular weight excluding hydrogens is 285 g/mol. The maximum atomic E-state index is 6.19. The van der Waals surface area contributed by atoms with E-state index >= 15 is 0 Å². The van der Waals surface area contributed by atoms with Gasteiger partial charge in [0.05, 0.1) is 10.0 Å². The lowest BCUT2D eigenvalue weighted by Gasteiger charge is -2.09. The summed E-state index contributed by atoms with van der Waals surface area (Å²) in [7, 11) is 0. The number of aryl methyl sites for hydroxylation is 1. The van der Waals surface area contributed by atoms with Crippen molar-refractivity contribution in [2.24, 2.45) is 5.92 Å². The number of hydrogen-bond donors (Lipinski definition) is 1. The lowest BCUT2D eigenvalue weighted by molar-refractivity contribution is 0.481. The van der Waals surface area contributed by atoms with Crippen LogP contribution < -0.4 is 5.73 Å². The van der Waals surface area contributed by atoms with E-state index in [1.165, 1.54) is 0 Å². The minimum Gasteiger partial charge on any atom is -0.399 e. The summed E-state index contributed by atoms with van der Waals surface area (Å²) in [6.07, 6.45) is 0.978. The molecule has 0 atom stereocenters. The van der Waals surface area contributed by atoms with Gasteiger partial charge in [-0.3, -0.25) is 0 Å². The van der Waals surface area contributed by atoms with Crippen molar-refractivity contribution in [2.45, 2.75) is 26.8 Å². The first-order valence-electron chi connectivity index (χ1n) is 6.00. The van der Waals surface area contributed by atoms with Gasteiger partial charge in [0.2, 0.25) is 0 Å². The Morgan fingerprint density at radius 2 is 2.05 bits per heavy atom. The number of aromatic nitrogens is 4. The smallest absolute Gasteiger partial charge is 0.183 e. The Morgan fingerprint density at radius 1 is 1.32 bits per heavy atom. The molecule has 0 aliphatic rings. The zero-order chi connectivity index (χ0) is 14.0. The molecule has 7 heteroatoms. The van der Waals surface area contributed by atoms with Crippen LogP contribution in [-0.4, -0.2) is 20.2 Å². The van der Waals surface area contributed by atoms with Crippen LogP contribution in [0.25, 0.3) is 11.4 Å². The molecule has 102 valence electrons. The fraction of sp³-hybridized carbons (Fsp3) is 0.417. The van der Waals surface area contributed by atoms with Gasteiger partial charge < -0.3 is 5.73 Å². The molecule has 0 radical (unpaired) electrons. The molecule has 0 saturated carbocycles. The van der Waals surface area contributed by atoms with Crippen LogP contribution in [0.4, 0.5) is 5.69 Å². The minimum absolute atomic E-state index is 0.398. The zero-order valence-electron chi connectivity index (χ0n) is 10.8. The van der Waals surface area contributed by atoms with Gasteiger partial charge in [-0.25, -0.2) is 4.68 Å². The first-order valence-corrected chi connectivity index (χ1v) is 6.75. The van der Waals surface area contributed by atoms with Crippen LogP contribution in [0.5, 0.6) is 0 Å². The zero-order valence-corrected chi connectivity index (χ0v) is 12.3. The average Bonchev–Trinajstić information content (AvgIpc) is 2.79. The number of halogens is 2. The maximum absolute atomic E-state index is 6.19.